The molecule has 0 aromatic rings. The number of nitrogens with zero attached hydrogens (tertiary/aromatic N) is 1. The van der Waals surface area contributed by atoms with E-state index in [0.717, 1.165) is 39.1 Å². The number of likely N-dealkylation sites (N-methyl/N-ethyl adjacent to an activating group) is 1. The van der Waals surface area contributed by atoms with E-state index >= 15 is 0 Å². The van der Waals surface area contributed by atoms with Crippen molar-refractivity contribution in [3.05, 3.63) is 0 Å². The van der Waals surface area contributed by atoms with Gasteiger partial charge in [-0.3, -0.25) is 4.79 Å². The molecule has 5 heteroatoms. The van der Waals surface area contributed by atoms with E-state index in [-0.39, 0.29) is 5.97 Å². The quantitative estimate of drug-likeness (QED) is 0.681. The summed E-state index contributed by atoms with van der Waals surface area (Å²) in [5.74, 6) is 0.473. The van der Waals surface area contributed by atoms with E-state index in [0.29, 0.717) is 5.92 Å². The number of likely N-dealkylation sites (tertiary alicyclic amines) is 1. The molecule has 5 nitrogen and oxygen atoms in total. The normalized spacial score (nSPS) is 23.3. The minimum Gasteiger partial charge on any atom is -0.468 e. The standard InChI is InChI=1S/C15H30N2O3/c1-15(16-2,14(18)20-4)8-6-10-17-9-5-7-13(11-17)12-19-3/h13,16H,5-12H2,1-4H3. The maximum Gasteiger partial charge on any atom is 0.325 e. The van der Waals surface area contributed by atoms with Crippen LogP contribution in [0, 0.1) is 5.92 Å². The molecule has 0 radical (unpaired) electrons. The molecule has 0 aromatic carbocycles. The van der Waals surface area contributed by atoms with Crippen molar-refractivity contribution in [1.82, 2.24) is 10.2 Å². The molecule has 0 bridgehead atoms. The van der Waals surface area contributed by atoms with Crippen molar-refractivity contribution in [1.29, 1.82) is 0 Å². The Kier molecular flexibility index (Phi) is 7.48. The van der Waals surface area contributed by atoms with Gasteiger partial charge in [-0.2, -0.15) is 0 Å². The fraction of sp³-hybridized carbons (Fsp3) is 0.933. The molecule has 1 N–H and O–H groups in total. The summed E-state index contributed by atoms with van der Waals surface area (Å²) in [4.78, 5) is 14.3. The van der Waals surface area contributed by atoms with E-state index in [1.165, 1.54) is 20.0 Å². The Labute approximate surface area is 123 Å². The van der Waals surface area contributed by atoms with Crippen molar-refractivity contribution < 1.29 is 14.3 Å². The van der Waals surface area contributed by atoms with Gasteiger partial charge >= 0.3 is 5.97 Å². The van der Waals surface area contributed by atoms with Crippen LogP contribution >= 0.6 is 0 Å². The average molecular weight is 286 g/mol. The van der Waals surface area contributed by atoms with Crippen LogP contribution in [0.1, 0.15) is 32.6 Å². The fourth-order valence-corrected chi connectivity index (χ4v) is 2.94. The van der Waals surface area contributed by atoms with Crippen molar-refractivity contribution in [3.63, 3.8) is 0 Å². The highest BCUT2D eigenvalue weighted by Gasteiger charge is 2.32. The Morgan fingerprint density at radius 1 is 1.45 bits per heavy atom. The van der Waals surface area contributed by atoms with Crippen LogP contribution in [0.25, 0.3) is 0 Å². The fourth-order valence-electron chi connectivity index (χ4n) is 2.94. The topological polar surface area (TPSA) is 50.8 Å². The Hall–Kier alpha value is -0.650. The second-order valence-electron chi connectivity index (χ2n) is 5.94. The molecule has 2 unspecified atom stereocenters. The molecule has 20 heavy (non-hydrogen) atoms. The lowest BCUT2D eigenvalue weighted by molar-refractivity contribution is -0.148. The Morgan fingerprint density at radius 3 is 2.80 bits per heavy atom. The van der Waals surface area contributed by atoms with Gasteiger partial charge in [0, 0.05) is 13.7 Å². The summed E-state index contributed by atoms with van der Waals surface area (Å²) in [6.45, 7) is 6.07. The van der Waals surface area contributed by atoms with E-state index in [1.807, 2.05) is 14.0 Å². The number of nitrogens with one attached hydrogen (secondary N) is 1. The van der Waals surface area contributed by atoms with Crippen molar-refractivity contribution in [2.75, 3.05) is 47.5 Å². The zero-order valence-corrected chi connectivity index (χ0v) is 13.4. The molecule has 1 saturated heterocycles. The summed E-state index contributed by atoms with van der Waals surface area (Å²) < 4.78 is 10.1. The Balaban J connectivity index is 2.33. The number of esters is 1. The highest BCUT2D eigenvalue weighted by molar-refractivity contribution is 5.80. The number of carbonyl (C=O) groups is 1. The van der Waals surface area contributed by atoms with Crippen LogP contribution in [0.2, 0.25) is 0 Å². The third kappa shape index (κ3) is 5.04. The third-order valence-electron chi connectivity index (χ3n) is 4.34. The molecule has 1 aliphatic heterocycles. The molecule has 0 saturated carbocycles. The molecular weight excluding hydrogens is 256 g/mol. The highest BCUT2D eigenvalue weighted by Crippen LogP contribution is 2.19. The Bertz CT molecular complexity index is 297. The van der Waals surface area contributed by atoms with Gasteiger partial charge in [-0.05, 0) is 58.7 Å². The van der Waals surface area contributed by atoms with Crippen LogP contribution in [0.5, 0.6) is 0 Å². The molecule has 1 heterocycles. The van der Waals surface area contributed by atoms with Gasteiger partial charge in [0.15, 0.2) is 0 Å². The van der Waals surface area contributed by atoms with Gasteiger partial charge in [0.2, 0.25) is 0 Å². The third-order valence-corrected chi connectivity index (χ3v) is 4.34. The minimum atomic E-state index is -0.573. The van der Waals surface area contributed by atoms with E-state index in [9.17, 15) is 4.79 Å². The van der Waals surface area contributed by atoms with E-state index < -0.39 is 5.54 Å². The van der Waals surface area contributed by atoms with Crippen LogP contribution in [-0.4, -0.2) is 63.9 Å². The highest BCUT2D eigenvalue weighted by atomic mass is 16.5. The zero-order valence-electron chi connectivity index (χ0n) is 13.4. The lowest BCUT2D eigenvalue weighted by atomic mass is 9.94. The second kappa shape index (κ2) is 8.60. The van der Waals surface area contributed by atoms with Crippen LogP contribution < -0.4 is 5.32 Å². The molecule has 0 amide bonds. The monoisotopic (exact) mass is 286 g/mol. The summed E-state index contributed by atoms with van der Waals surface area (Å²) >= 11 is 0. The van der Waals surface area contributed by atoms with Crippen LogP contribution in [-0.2, 0) is 14.3 Å². The van der Waals surface area contributed by atoms with Gasteiger partial charge < -0.3 is 19.7 Å². The number of methoxy groups -OCH3 is 2. The van der Waals surface area contributed by atoms with Gasteiger partial charge in [-0.1, -0.05) is 0 Å². The van der Waals surface area contributed by atoms with Crippen molar-refractivity contribution in [2.45, 2.75) is 38.1 Å². The van der Waals surface area contributed by atoms with Gasteiger partial charge in [0.1, 0.15) is 5.54 Å². The summed E-state index contributed by atoms with van der Waals surface area (Å²) in [6.07, 6.45) is 4.29. The molecular formula is C15H30N2O3. The minimum absolute atomic E-state index is 0.184. The second-order valence-corrected chi connectivity index (χ2v) is 5.94. The number of hydrogen-bond acceptors (Lipinski definition) is 5. The van der Waals surface area contributed by atoms with Crippen LogP contribution in [0.3, 0.4) is 0 Å². The maximum atomic E-state index is 11.8. The van der Waals surface area contributed by atoms with E-state index in [1.54, 1.807) is 7.11 Å². The molecule has 1 aliphatic rings. The van der Waals surface area contributed by atoms with E-state index in [4.69, 9.17) is 9.47 Å². The first-order valence-electron chi connectivity index (χ1n) is 7.54. The summed E-state index contributed by atoms with van der Waals surface area (Å²) in [5, 5.41) is 3.08. The van der Waals surface area contributed by atoms with Gasteiger partial charge in [-0.15, -0.1) is 0 Å². The molecule has 0 aliphatic carbocycles. The first kappa shape index (κ1) is 17.4. The largest absolute Gasteiger partial charge is 0.468 e. The molecule has 1 fully saturated rings. The van der Waals surface area contributed by atoms with E-state index in [2.05, 4.69) is 10.2 Å². The number of piperidine rings is 1. The number of carbonyl (C=O) groups excluding carboxylic acids is 1. The zero-order chi connectivity index (χ0) is 15.0. The smallest absolute Gasteiger partial charge is 0.325 e. The lowest BCUT2D eigenvalue weighted by Crippen LogP contribution is -2.49. The number of rotatable bonds is 8. The summed E-state index contributed by atoms with van der Waals surface area (Å²) in [6, 6.07) is 0. The average Bonchev–Trinajstić information content (AvgIpc) is 2.47. The SMILES string of the molecule is CNC(C)(CCCN1CCCC(COC)C1)C(=O)OC. The van der Waals surface area contributed by atoms with Gasteiger partial charge in [0.05, 0.1) is 13.7 Å². The number of ether oxygens (including phenoxy) is 2. The molecule has 118 valence electrons. The molecule has 1 rings (SSSR count). The van der Waals surface area contributed by atoms with Crippen LogP contribution in [0.15, 0.2) is 0 Å². The lowest BCUT2D eigenvalue weighted by Gasteiger charge is -2.33. The number of hydrogen-bond donors (Lipinski definition) is 1. The predicted molar refractivity (Wildman–Crippen MR) is 79.8 cm³/mol. The van der Waals surface area contributed by atoms with Crippen molar-refractivity contribution >= 4 is 5.97 Å². The maximum absolute atomic E-state index is 11.8. The predicted octanol–water partition coefficient (Wildman–Crippen LogP) is 1.28. The Morgan fingerprint density at radius 2 is 2.20 bits per heavy atom. The van der Waals surface area contributed by atoms with Crippen molar-refractivity contribution in [2.24, 2.45) is 5.92 Å². The molecule has 0 aromatic heterocycles. The first-order valence-corrected chi connectivity index (χ1v) is 7.54. The summed E-state index contributed by atoms with van der Waals surface area (Å²) in [7, 11) is 5.03. The van der Waals surface area contributed by atoms with Gasteiger partial charge in [0.25, 0.3) is 0 Å². The van der Waals surface area contributed by atoms with Gasteiger partial charge in [-0.25, -0.2) is 0 Å². The van der Waals surface area contributed by atoms with Crippen molar-refractivity contribution in [3.8, 4) is 0 Å². The first-order chi connectivity index (χ1) is 9.55. The molecule has 2 atom stereocenters. The van der Waals surface area contributed by atoms with Crippen LogP contribution in [0.4, 0.5) is 0 Å². The molecule has 0 spiro atoms. The summed E-state index contributed by atoms with van der Waals surface area (Å²) in [5.41, 5.74) is -0.573.